The smallest absolute Gasteiger partial charge is 0.323 e. The second-order valence-corrected chi connectivity index (χ2v) is 10.7. The summed E-state index contributed by atoms with van der Waals surface area (Å²) < 4.78 is 27.1. The van der Waals surface area contributed by atoms with Gasteiger partial charge in [0, 0.05) is 0 Å². The number of carbonyl (C=O) groups is 2. The van der Waals surface area contributed by atoms with Crippen molar-refractivity contribution in [2.75, 3.05) is 32.8 Å². The molecule has 0 radical (unpaired) electrons. The lowest BCUT2D eigenvalue weighted by Gasteiger charge is -2.33. The van der Waals surface area contributed by atoms with Gasteiger partial charge in [-0.15, -0.1) is 11.3 Å². The summed E-state index contributed by atoms with van der Waals surface area (Å²) in [4.78, 5) is 27.7. The fourth-order valence-corrected chi connectivity index (χ4v) is 6.86. The summed E-state index contributed by atoms with van der Waals surface area (Å²) in [7, 11) is -3.43. The van der Waals surface area contributed by atoms with Crippen molar-refractivity contribution in [3.63, 3.8) is 0 Å². The number of thiophene rings is 1. The van der Waals surface area contributed by atoms with Gasteiger partial charge in [-0.2, -0.15) is 4.31 Å². The summed E-state index contributed by atoms with van der Waals surface area (Å²) in [5.74, 6) is -0.103. The molecule has 2 aliphatic heterocycles. The van der Waals surface area contributed by atoms with E-state index in [1.807, 2.05) is 0 Å². The van der Waals surface area contributed by atoms with Crippen molar-refractivity contribution < 1.29 is 22.9 Å². The van der Waals surface area contributed by atoms with E-state index < -0.39 is 15.6 Å². The maximum Gasteiger partial charge on any atom is 0.329 e. The summed E-state index contributed by atoms with van der Waals surface area (Å²) >= 11 is 1.22. The zero-order chi connectivity index (χ0) is 19.1. The van der Waals surface area contributed by atoms with E-state index in [-0.39, 0.29) is 11.9 Å². The van der Waals surface area contributed by atoms with Gasteiger partial charge in [-0.3, -0.25) is 4.79 Å². The van der Waals surface area contributed by atoms with E-state index in [1.54, 1.807) is 17.5 Å². The molecule has 3 heterocycles. The van der Waals surface area contributed by atoms with Gasteiger partial charge in [-0.05, 0) is 24.3 Å². The molecule has 0 aromatic carbocycles. The molecular weight excluding hydrogens is 388 g/mol. The van der Waals surface area contributed by atoms with Gasteiger partial charge < -0.3 is 10.2 Å². The Morgan fingerprint density at radius 1 is 1.15 bits per heavy atom. The summed E-state index contributed by atoms with van der Waals surface area (Å²) in [6.07, 6.45) is 4.47. The van der Waals surface area contributed by atoms with Crippen LogP contribution in [-0.4, -0.2) is 67.9 Å². The first-order chi connectivity index (χ1) is 12.9. The number of hydrogen-bond acceptors (Lipinski definition) is 5. The maximum absolute atomic E-state index is 12.9. The monoisotopic (exact) mass is 413 g/mol. The number of imide groups is 1. The van der Waals surface area contributed by atoms with Crippen LogP contribution in [0.2, 0.25) is 0 Å². The molecule has 4 rings (SSSR count). The van der Waals surface area contributed by atoms with Crippen molar-refractivity contribution >= 4 is 33.3 Å². The third kappa shape index (κ3) is 3.39. The number of quaternary nitrogens is 1. The minimum absolute atomic E-state index is 0.103. The average molecular weight is 414 g/mol. The zero-order valence-corrected chi connectivity index (χ0v) is 16.8. The van der Waals surface area contributed by atoms with Crippen LogP contribution >= 0.6 is 11.3 Å². The fourth-order valence-electron chi connectivity index (χ4n) is 4.28. The maximum atomic E-state index is 12.9. The van der Waals surface area contributed by atoms with Crippen LogP contribution in [-0.2, 0) is 14.8 Å². The molecule has 1 aromatic heterocycles. The van der Waals surface area contributed by atoms with Crippen LogP contribution in [0.1, 0.15) is 32.1 Å². The van der Waals surface area contributed by atoms with E-state index in [2.05, 4.69) is 5.32 Å². The van der Waals surface area contributed by atoms with Gasteiger partial charge >= 0.3 is 6.03 Å². The molecule has 1 spiro atoms. The molecule has 0 atom stereocenters. The molecule has 1 aromatic rings. The third-order valence-electron chi connectivity index (χ3n) is 5.85. The molecule has 1 aliphatic carbocycles. The first-order valence-electron chi connectivity index (χ1n) is 9.44. The zero-order valence-electron chi connectivity index (χ0n) is 15.1. The molecule has 10 heteroatoms. The molecule has 27 heavy (non-hydrogen) atoms. The molecule has 3 amide bonds. The SMILES string of the molecule is O=C1NC2(CCCCC2)C(=O)N1C[NH+]1CCN(S(=O)(=O)c2cccs2)CC1. The van der Waals surface area contributed by atoms with E-state index in [0.717, 1.165) is 37.0 Å². The van der Waals surface area contributed by atoms with E-state index >= 15 is 0 Å². The molecular formula is C17H25N4O4S2+. The topological polar surface area (TPSA) is 91.2 Å². The Labute approximate surface area is 163 Å². The lowest BCUT2D eigenvalue weighted by Crippen LogP contribution is -3.16. The highest BCUT2D eigenvalue weighted by Crippen LogP contribution is 2.33. The Kier molecular flexibility index (Phi) is 5.00. The summed E-state index contributed by atoms with van der Waals surface area (Å²) in [6.45, 7) is 2.25. The van der Waals surface area contributed by atoms with Crippen molar-refractivity contribution in [3.8, 4) is 0 Å². The Hall–Kier alpha value is -1.49. The molecule has 0 bridgehead atoms. The quantitative estimate of drug-likeness (QED) is 0.672. The van der Waals surface area contributed by atoms with Crippen molar-refractivity contribution in [3.05, 3.63) is 17.5 Å². The van der Waals surface area contributed by atoms with Crippen molar-refractivity contribution in [1.82, 2.24) is 14.5 Å². The molecule has 8 nitrogen and oxygen atoms in total. The van der Waals surface area contributed by atoms with E-state index in [0.29, 0.717) is 37.1 Å². The van der Waals surface area contributed by atoms with Gasteiger partial charge in [0.05, 0.1) is 26.2 Å². The first kappa shape index (κ1) is 18.9. The van der Waals surface area contributed by atoms with Gasteiger partial charge in [0.25, 0.3) is 15.9 Å². The number of amides is 3. The molecule has 0 unspecified atom stereocenters. The minimum Gasteiger partial charge on any atom is -0.323 e. The number of rotatable bonds is 4. The van der Waals surface area contributed by atoms with Crippen LogP contribution in [0.3, 0.4) is 0 Å². The Bertz CT molecular complexity index is 810. The number of hydrogen-bond donors (Lipinski definition) is 2. The highest BCUT2D eigenvalue weighted by Gasteiger charge is 2.52. The second-order valence-electron chi connectivity index (χ2n) is 7.55. The molecule has 2 N–H and O–H groups in total. The van der Waals surface area contributed by atoms with Crippen LogP contribution in [0, 0.1) is 0 Å². The summed E-state index contributed by atoms with van der Waals surface area (Å²) in [6, 6.07) is 3.05. The normalized spacial score (nSPS) is 24.5. The number of sulfonamides is 1. The highest BCUT2D eigenvalue weighted by molar-refractivity contribution is 7.91. The molecule has 3 fully saturated rings. The minimum atomic E-state index is -3.43. The van der Waals surface area contributed by atoms with Crippen molar-refractivity contribution in [1.29, 1.82) is 0 Å². The number of urea groups is 1. The standard InChI is InChI=1S/C17H24N4O4S2/c22-15-17(6-2-1-3-7-17)18-16(23)21(15)13-19-8-10-20(11-9-19)27(24,25)14-5-4-12-26-14/h4-5,12H,1-3,6-11,13H2,(H,18,23)/p+1. The Balaban J connectivity index is 1.37. The van der Waals surface area contributed by atoms with Crippen molar-refractivity contribution in [2.45, 2.75) is 41.9 Å². The molecule has 3 aliphatic rings. The van der Waals surface area contributed by atoms with Crippen molar-refractivity contribution in [2.24, 2.45) is 0 Å². The van der Waals surface area contributed by atoms with Gasteiger partial charge in [0.15, 0.2) is 6.67 Å². The molecule has 148 valence electrons. The third-order valence-corrected chi connectivity index (χ3v) is 9.13. The fraction of sp³-hybridized carbons (Fsp3) is 0.647. The lowest BCUT2D eigenvalue weighted by molar-refractivity contribution is -0.910. The number of nitrogens with one attached hydrogen (secondary N) is 2. The predicted molar refractivity (Wildman–Crippen MR) is 99.8 cm³/mol. The van der Waals surface area contributed by atoms with Crippen LogP contribution in [0.5, 0.6) is 0 Å². The number of piperazine rings is 1. The van der Waals surface area contributed by atoms with Crippen LogP contribution in [0.15, 0.2) is 21.7 Å². The summed E-state index contributed by atoms with van der Waals surface area (Å²) in [5.41, 5.74) is -0.695. The summed E-state index contributed by atoms with van der Waals surface area (Å²) in [5, 5.41) is 4.69. The van der Waals surface area contributed by atoms with E-state index in [9.17, 15) is 18.0 Å². The average Bonchev–Trinajstić information content (AvgIpc) is 3.28. The lowest BCUT2D eigenvalue weighted by atomic mass is 9.82. The van der Waals surface area contributed by atoms with Gasteiger partial charge in [-0.25, -0.2) is 18.1 Å². The predicted octanol–water partition coefficient (Wildman–Crippen LogP) is -0.150. The number of carbonyl (C=O) groups excluding carboxylic acids is 2. The highest BCUT2D eigenvalue weighted by atomic mass is 32.2. The molecule has 2 saturated heterocycles. The molecule has 1 saturated carbocycles. The first-order valence-corrected chi connectivity index (χ1v) is 11.8. The van der Waals surface area contributed by atoms with E-state index in [4.69, 9.17) is 0 Å². The van der Waals surface area contributed by atoms with Gasteiger partial charge in [0.1, 0.15) is 9.75 Å². The Morgan fingerprint density at radius 3 is 2.48 bits per heavy atom. The van der Waals surface area contributed by atoms with Crippen LogP contribution in [0.4, 0.5) is 4.79 Å². The van der Waals surface area contributed by atoms with Crippen LogP contribution in [0.25, 0.3) is 0 Å². The van der Waals surface area contributed by atoms with Crippen LogP contribution < -0.4 is 10.2 Å². The number of nitrogens with zero attached hydrogens (tertiary/aromatic N) is 2. The van der Waals surface area contributed by atoms with Gasteiger partial charge in [-0.1, -0.05) is 25.3 Å². The van der Waals surface area contributed by atoms with Gasteiger partial charge in [0.2, 0.25) is 0 Å². The Morgan fingerprint density at radius 2 is 1.85 bits per heavy atom. The van der Waals surface area contributed by atoms with E-state index in [1.165, 1.54) is 20.5 Å². The largest absolute Gasteiger partial charge is 0.329 e. The second kappa shape index (κ2) is 7.16.